The molecule has 1 aromatic carbocycles. The lowest BCUT2D eigenvalue weighted by atomic mass is 10.0. The van der Waals surface area contributed by atoms with Gasteiger partial charge in [-0.05, 0) is 48.6 Å². The fourth-order valence-electron chi connectivity index (χ4n) is 1.51. The molecule has 2 nitrogen and oxygen atoms in total. The SMILES string of the molecule is C=C(CC)COc1ccc(Br)c(CC(N)CC)c1. The van der Waals surface area contributed by atoms with Crippen molar-refractivity contribution in [1.82, 2.24) is 0 Å². The van der Waals surface area contributed by atoms with Crippen molar-refractivity contribution in [1.29, 1.82) is 0 Å². The molecule has 100 valence electrons. The molecule has 0 aliphatic heterocycles. The Bertz CT molecular complexity index is 403. The lowest BCUT2D eigenvalue weighted by molar-refractivity contribution is 0.348. The fraction of sp³-hybridized carbons (Fsp3) is 0.467. The summed E-state index contributed by atoms with van der Waals surface area (Å²) in [6.07, 6.45) is 2.79. The molecule has 0 aliphatic carbocycles. The molecule has 1 aromatic rings. The van der Waals surface area contributed by atoms with Crippen molar-refractivity contribution in [3.63, 3.8) is 0 Å². The van der Waals surface area contributed by atoms with Crippen LogP contribution in [-0.2, 0) is 6.42 Å². The van der Waals surface area contributed by atoms with Crippen LogP contribution >= 0.6 is 15.9 Å². The lowest BCUT2D eigenvalue weighted by Gasteiger charge is -2.13. The summed E-state index contributed by atoms with van der Waals surface area (Å²) < 4.78 is 6.80. The Morgan fingerprint density at radius 1 is 1.44 bits per heavy atom. The summed E-state index contributed by atoms with van der Waals surface area (Å²) in [7, 11) is 0. The third-order valence-corrected chi connectivity index (χ3v) is 3.74. The van der Waals surface area contributed by atoms with E-state index >= 15 is 0 Å². The standard InChI is InChI=1S/C15H22BrNO/c1-4-11(3)10-18-14-6-7-15(16)12(9-14)8-13(17)5-2/h6-7,9,13H,3-5,8,10,17H2,1-2H3. The normalized spacial score (nSPS) is 12.2. The molecule has 1 rings (SSSR count). The second kappa shape index (κ2) is 7.59. The first-order valence-corrected chi connectivity index (χ1v) is 7.19. The molecule has 0 spiro atoms. The molecule has 2 N–H and O–H groups in total. The average Bonchev–Trinajstić information content (AvgIpc) is 2.38. The van der Waals surface area contributed by atoms with Gasteiger partial charge in [-0.15, -0.1) is 0 Å². The van der Waals surface area contributed by atoms with E-state index in [-0.39, 0.29) is 6.04 Å². The first-order chi connectivity index (χ1) is 8.56. The van der Waals surface area contributed by atoms with E-state index in [1.54, 1.807) is 0 Å². The third kappa shape index (κ3) is 4.83. The quantitative estimate of drug-likeness (QED) is 0.770. The van der Waals surface area contributed by atoms with Crippen LogP contribution in [0.1, 0.15) is 32.3 Å². The van der Waals surface area contributed by atoms with Crippen LogP contribution in [-0.4, -0.2) is 12.6 Å². The Balaban J connectivity index is 2.71. The van der Waals surface area contributed by atoms with Crippen molar-refractivity contribution in [2.45, 2.75) is 39.2 Å². The average molecular weight is 312 g/mol. The molecule has 0 saturated carbocycles. The van der Waals surface area contributed by atoms with Crippen LogP contribution in [0.2, 0.25) is 0 Å². The summed E-state index contributed by atoms with van der Waals surface area (Å²) >= 11 is 3.55. The van der Waals surface area contributed by atoms with Gasteiger partial charge in [-0.1, -0.05) is 36.4 Å². The van der Waals surface area contributed by atoms with Gasteiger partial charge in [0.15, 0.2) is 0 Å². The molecule has 0 fully saturated rings. The Labute approximate surface area is 118 Å². The number of rotatable bonds is 7. The van der Waals surface area contributed by atoms with Crippen molar-refractivity contribution in [2.24, 2.45) is 5.73 Å². The van der Waals surface area contributed by atoms with Gasteiger partial charge in [0.25, 0.3) is 0 Å². The van der Waals surface area contributed by atoms with Gasteiger partial charge in [-0.2, -0.15) is 0 Å². The largest absolute Gasteiger partial charge is 0.489 e. The molecule has 0 bridgehead atoms. The van der Waals surface area contributed by atoms with Crippen molar-refractivity contribution >= 4 is 15.9 Å². The van der Waals surface area contributed by atoms with Crippen molar-refractivity contribution in [2.75, 3.05) is 6.61 Å². The third-order valence-electron chi connectivity index (χ3n) is 2.97. The molecule has 18 heavy (non-hydrogen) atoms. The van der Waals surface area contributed by atoms with E-state index in [4.69, 9.17) is 10.5 Å². The van der Waals surface area contributed by atoms with Crippen LogP contribution in [0.3, 0.4) is 0 Å². The topological polar surface area (TPSA) is 35.2 Å². The Hall–Kier alpha value is -0.800. The van der Waals surface area contributed by atoms with Crippen LogP contribution in [0.4, 0.5) is 0 Å². The Morgan fingerprint density at radius 2 is 2.17 bits per heavy atom. The Morgan fingerprint density at radius 3 is 2.78 bits per heavy atom. The van der Waals surface area contributed by atoms with Gasteiger partial charge in [0.1, 0.15) is 12.4 Å². The van der Waals surface area contributed by atoms with Crippen LogP contribution in [0.5, 0.6) is 5.75 Å². The Kier molecular flexibility index (Phi) is 6.44. The van der Waals surface area contributed by atoms with E-state index in [0.717, 1.165) is 35.1 Å². The maximum Gasteiger partial charge on any atom is 0.120 e. The minimum atomic E-state index is 0.196. The monoisotopic (exact) mass is 311 g/mol. The summed E-state index contributed by atoms with van der Waals surface area (Å²) in [5.74, 6) is 0.881. The zero-order chi connectivity index (χ0) is 13.5. The van der Waals surface area contributed by atoms with Crippen LogP contribution in [0, 0.1) is 0 Å². The smallest absolute Gasteiger partial charge is 0.120 e. The number of ether oxygens (including phenoxy) is 1. The first-order valence-electron chi connectivity index (χ1n) is 6.40. The highest BCUT2D eigenvalue weighted by Crippen LogP contribution is 2.24. The molecule has 0 radical (unpaired) electrons. The van der Waals surface area contributed by atoms with E-state index in [2.05, 4.69) is 42.4 Å². The van der Waals surface area contributed by atoms with Crippen molar-refractivity contribution in [3.05, 3.63) is 40.4 Å². The first kappa shape index (κ1) is 15.3. The van der Waals surface area contributed by atoms with E-state index in [1.807, 2.05) is 12.1 Å². The van der Waals surface area contributed by atoms with Crippen LogP contribution < -0.4 is 10.5 Å². The number of nitrogens with two attached hydrogens (primary N) is 1. The van der Waals surface area contributed by atoms with E-state index in [0.29, 0.717) is 6.61 Å². The molecule has 1 unspecified atom stereocenters. The molecule has 0 amide bonds. The minimum absolute atomic E-state index is 0.196. The van der Waals surface area contributed by atoms with E-state index in [1.165, 1.54) is 5.56 Å². The number of hydrogen-bond donors (Lipinski definition) is 1. The van der Waals surface area contributed by atoms with Gasteiger partial charge in [-0.25, -0.2) is 0 Å². The van der Waals surface area contributed by atoms with Gasteiger partial charge < -0.3 is 10.5 Å². The predicted molar refractivity (Wildman–Crippen MR) is 81.0 cm³/mol. The molecular weight excluding hydrogens is 290 g/mol. The zero-order valence-corrected chi connectivity index (χ0v) is 12.8. The molecule has 0 aromatic heterocycles. The van der Waals surface area contributed by atoms with E-state index in [9.17, 15) is 0 Å². The summed E-state index contributed by atoms with van der Waals surface area (Å²) in [6.45, 7) is 8.70. The molecule has 0 aliphatic rings. The number of benzene rings is 1. The maximum atomic E-state index is 5.99. The van der Waals surface area contributed by atoms with Crippen LogP contribution in [0.25, 0.3) is 0 Å². The predicted octanol–water partition coefficient (Wildman–Crippen LogP) is 4.07. The molecule has 3 heteroatoms. The van der Waals surface area contributed by atoms with Crippen LogP contribution in [0.15, 0.2) is 34.8 Å². The number of hydrogen-bond acceptors (Lipinski definition) is 2. The highest BCUT2D eigenvalue weighted by atomic mass is 79.9. The summed E-state index contributed by atoms with van der Waals surface area (Å²) in [5, 5.41) is 0. The molecule has 1 atom stereocenters. The van der Waals surface area contributed by atoms with Gasteiger partial charge >= 0.3 is 0 Å². The van der Waals surface area contributed by atoms with Crippen molar-refractivity contribution < 1.29 is 4.74 Å². The highest BCUT2D eigenvalue weighted by Gasteiger charge is 2.07. The summed E-state index contributed by atoms with van der Waals surface area (Å²) in [6, 6.07) is 6.24. The summed E-state index contributed by atoms with van der Waals surface area (Å²) in [4.78, 5) is 0. The van der Waals surface area contributed by atoms with Gasteiger partial charge in [0, 0.05) is 10.5 Å². The highest BCUT2D eigenvalue weighted by molar-refractivity contribution is 9.10. The fourth-order valence-corrected chi connectivity index (χ4v) is 1.92. The van der Waals surface area contributed by atoms with Gasteiger partial charge in [0.2, 0.25) is 0 Å². The maximum absolute atomic E-state index is 5.99. The van der Waals surface area contributed by atoms with E-state index < -0.39 is 0 Å². The molecular formula is C15H22BrNO. The second-order valence-electron chi connectivity index (χ2n) is 4.52. The van der Waals surface area contributed by atoms with Crippen molar-refractivity contribution in [3.8, 4) is 5.75 Å². The summed E-state index contributed by atoms with van der Waals surface area (Å²) in [5.41, 5.74) is 8.29. The molecule has 0 saturated heterocycles. The van der Waals surface area contributed by atoms with Gasteiger partial charge in [0.05, 0.1) is 0 Å². The minimum Gasteiger partial charge on any atom is -0.489 e. The number of halogens is 1. The zero-order valence-electron chi connectivity index (χ0n) is 11.2. The van der Waals surface area contributed by atoms with Gasteiger partial charge in [-0.3, -0.25) is 0 Å². The lowest BCUT2D eigenvalue weighted by Crippen LogP contribution is -2.21. The molecule has 0 heterocycles. The second-order valence-corrected chi connectivity index (χ2v) is 5.37.